The average Bonchev–Trinajstić information content (AvgIpc) is 1.83. The molecule has 1 atom stereocenters. The standard InChI is InChI=1S/C5H15N3/c6-3-1-2-5(8)4-7/h5H,1-4,6-8H2/t5-/m0/s1. The van der Waals surface area contributed by atoms with Crippen molar-refractivity contribution in [1.29, 1.82) is 0 Å². The van der Waals surface area contributed by atoms with Gasteiger partial charge in [0, 0.05) is 12.6 Å². The Kier molecular flexibility index (Phi) is 4.95. The summed E-state index contributed by atoms with van der Waals surface area (Å²) in [6.45, 7) is 1.29. The molecular formula is C5H15N3. The molecule has 50 valence electrons. The fourth-order valence-corrected chi connectivity index (χ4v) is 0.498. The Balaban J connectivity index is 2.86. The van der Waals surface area contributed by atoms with E-state index in [0.717, 1.165) is 12.8 Å². The Labute approximate surface area is 50.2 Å². The molecule has 0 saturated carbocycles. The van der Waals surface area contributed by atoms with Gasteiger partial charge < -0.3 is 17.2 Å². The molecule has 0 aromatic carbocycles. The minimum Gasteiger partial charge on any atom is -0.330 e. The van der Waals surface area contributed by atoms with Crippen molar-refractivity contribution in [2.75, 3.05) is 13.1 Å². The van der Waals surface area contributed by atoms with Crippen LogP contribution in [0.2, 0.25) is 0 Å². The third kappa shape index (κ3) is 4.05. The Morgan fingerprint density at radius 2 is 1.88 bits per heavy atom. The maximum absolute atomic E-state index is 5.48. The van der Waals surface area contributed by atoms with E-state index in [-0.39, 0.29) is 6.04 Å². The lowest BCUT2D eigenvalue weighted by Gasteiger charge is -2.04. The van der Waals surface area contributed by atoms with Gasteiger partial charge in [0.05, 0.1) is 0 Å². The van der Waals surface area contributed by atoms with Gasteiger partial charge in [0.2, 0.25) is 0 Å². The highest BCUT2D eigenvalue weighted by molar-refractivity contribution is 4.60. The fraction of sp³-hybridized carbons (Fsp3) is 1.00. The van der Waals surface area contributed by atoms with Crippen LogP contribution in [0.5, 0.6) is 0 Å². The summed E-state index contributed by atoms with van der Waals surface area (Å²) in [5.74, 6) is 0. The second-order valence-corrected chi connectivity index (χ2v) is 1.93. The lowest BCUT2D eigenvalue weighted by atomic mass is 10.2. The van der Waals surface area contributed by atoms with Gasteiger partial charge in [-0.1, -0.05) is 0 Å². The summed E-state index contributed by atoms with van der Waals surface area (Å²) >= 11 is 0. The van der Waals surface area contributed by atoms with Crippen molar-refractivity contribution in [2.45, 2.75) is 18.9 Å². The predicted octanol–water partition coefficient (Wildman–Crippen LogP) is -0.989. The van der Waals surface area contributed by atoms with Crippen molar-refractivity contribution < 1.29 is 0 Å². The molecule has 3 heteroatoms. The van der Waals surface area contributed by atoms with E-state index in [4.69, 9.17) is 17.2 Å². The molecule has 8 heavy (non-hydrogen) atoms. The first-order valence-electron chi connectivity index (χ1n) is 2.97. The first kappa shape index (κ1) is 7.88. The normalized spacial score (nSPS) is 13.9. The van der Waals surface area contributed by atoms with E-state index in [1.165, 1.54) is 0 Å². The van der Waals surface area contributed by atoms with Crippen LogP contribution < -0.4 is 17.2 Å². The van der Waals surface area contributed by atoms with E-state index < -0.39 is 0 Å². The van der Waals surface area contributed by atoms with E-state index in [9.17, 15) is 0 Å². The maximum Gasteiger partial charge on any atom is 0.0163 e. The van der Waals surface area contributed by atoms with Gasteiger partial charge in [-0.05, 0) is 19.4 Å². The highest BCUT2D eigenvalue weighted by Crippen LogP contribution is 1.88. The number of rotatable bonds is 4. The molecule has 0 heterocycles. The molecule has 0 spiro atoms. The summed E-state index contributed by atoms with van der Waals surface area (Å²) < 4.78 is 0. The highest BCUT2D eigenvalue weighted by atomic mass is 14.7. The van der Waals surface area contributed by atoms with Crippen molar-refractivity contribution >= 4 is 0 Å². The van der Waals surface area contributed by atoms with Crippen molar-refractivity contribution in [2.24, 2.45) is 17.2 Å². The van der Waals surface area contributed by atoms with Crippen LogP contribution in [0.25, 0.3) is 0 Å². The summed E-state index contributed by atoms with van der Waals surface area (Å²) in [6.07, 6.45) is 1.94. The summed E-state index contributed by atoms with van der Waals surface area (Å²) in [5, 5.41) is 0. The molecule has 0 rings (SSSR count). The van der Waals surface area contributed by atoms with Gasteiger partial charge in [0.15, 0.2) is 0 Å². The lowest BCUT2D eigenvalue weighted by molar-refractivity contribution is 0.596. The third-order valence-corrected chi connectivity index (χ3v) is 1.08. The average molecular weight is 117 g/mol. The molecule has 0 aromatic heterocycles. The van der Waals surface area contributed by atoms with Crippen molar-refractivity contribution in [3.8, 4) is 0 Å². The lowest BCUT2D eigenvalue weighted by Crippen LogP contribution is -2.29. The van der Waals surface area contributed by atoms with E-state index >= 15 is 0 Å². The Bertz CT molecular complexity index is 46.9. The van der Waals surface area contributed by atoms with E-state index in [2.05, 4.69) is 0 Å². The molecule has 0 amide bonds. The summed E-state index contributed by atoms with van der Waals surface area (Å²) in [5.41, 5.74) is 16.0. The maximum atomic E-state index is 5.48. The molecule has 0 aromatic rings. The molecule has 0 bridgehead atoms. The van der Waals surface area contributed by atoms with Gasteiger partial charge in [0.25, 0.3) is 0 Å². The largest absolute Gasteiger partial charge is 0.330 e. The van der Waals surface area contributed by atoms with Crippen LogP contribution in [0.3, 0.4) is 0 Å². The molecule has 0 unspecified atom stereocenters. The van der Waals surface area contributed by atoms with Crippen molar-refractivity contribution in [1.82, 2.24) is 0 Å². The topological polar surface area (TPSA) is 78.1 Å². The molecule has 0 fully saturated rings. The fourth-order valence-electron chi connectivity index (χ4n) is 0.498. The quantitative estimate of drug-likeness (QED) is 0.442. The number of hydrogen-bond donors (Lipinski definition) is 3. The number of nitrogens with two attached hydrogens (primary N) is 3. The monoisotopic (exact) mass is 117 g/mol. The predicted molar refractivity (Wildman–Crippen MR) is 35.3 cm³/mol. The molecular weight excluding hydrogens is 102 g/mol. The second kappa shape index (κ2) is 5.03. The zero-order chi connectivity index (χ0) is 6.41. The van der Waals surface area contributed by atoms with E-state index in [1.54, 1.807) is 0 Å². The molecule has 3 nitrogen and oxygen atoms in total. The SMILES string of the molecule is NCCC[C@H](N)CN. The zero-order valence-electron chi connectivity index (χ0n) is 5.14. The smallest absolute Gasteiger partial charge is 0.0163 e. The van der Waals surface area contributed by atoms with Gasteiger partial charge in [-0.3, -0.25) is 0 Å². The van der Waals surface area contributed by atoms with Gasteiger partial charge in [-0.25, -0.2) is 0 Å². The first-order valence-corrected chi connectivity index (χ1v) is 2.97. The Hall–Kier alpha value is -0.120. The number of hydrogen-bond acceptors (Lipinski definition) is 3. The molecule has 6 N–H and O–H groups in total. The second-order valence-electron chi connectivity index (χ2n) is 1.93. The van der Waals surface area contributed by atoms with Gasteiger partial charge >= 0.3 is 0 Å². The van der Waals surface area contributed by atoms with Crippen molar-refractivity contribution in [3.05, 3.63) is 0 Å². The minimum atomic E-state index is 0.151. The van der Waals surface area contributed by atoms with Gasteiger partial charge in [0.1, 0.15) is 0 Å². The summed E-state index contributed by atoms with van der Waals surface area (Å²) in [6, 6.07) is 0.151. The summed E-state index contributed by atoms with van der Waals surface area (Å²) in [7, 11) is 0. The Morgan fingerprint density at radius 1 is 1.25 bits per heavy atom. The highest BCUT2D eigenvalue weighted by Gasteiger charge is 1.95. The molecule has 0 aliphatic carbocycles. The van der Waals surface area contributed by atoms with Gasteiger partial charge in [-0.2, -0.15) is 0 Å². The summed E-state index contributed by atoms with van der Waals surface area (Å²) in [4.78, 5) is 0. The van der Waals surface area contributed by atoms with Crippen LogP contribution in [-0.2, 0) is 0 Å². The van der Waals surface area contributed by atoms with Crippen LogP contribution in [-0.4, -0.2) is 19.1 Å². The van der Waals surface area contributed by atoms with E-state index in [0.29, 0.717) is 13.1 Å². The van der Waals surface area contributed by atoms with Crippen LogP contribution in [0.1, 0.15) is 12.8 Å². The Morgan fingerprint density at radius 3 is 2.25 bits per heavy atom. The van der Waals surface area contributed by atoms with Crippen molar-refractivity contribution in [3.63, 3.8) is 0 Å². The molecule has 0 radical (unpaired) electrons. The van der Waals surface area contributed by atoms with Crippen LogP contribution in [0, 0.1) is 0 Å². The molecule has 0 aliphatic rings. The van der Waals surface area contributed by atoms with Crippen LogP contribution in [0.4, 0.5) is 0 Å². The third-order valence-electron chi connectivity index (χ3n) is 1.08. The minimum absolute atomic E-state index is 0.151. The van der Waals surface area contributed by atoms with Crippen LogP contribution >= 0.6 is 0 Å². The molecule has 0 aliphatic heterocycles. The van der Waals surface area contributed by atoms with Gasteiger partial charge in [-0.15, -0.1) is 0 Å². The molecule has 0 saturated heterocycles. The zero-order valence-corrected chi connectivity index (χ0v) is 5.14. The van der Waals surface area contributed by atoms with E-state index in [1.807, 2.05) is 0 Å². The first-order chi connectivity index (χ1) is 3.81. The van der Waals surface area contributed by atoms with Crippen LogP contribution in [0.15, 0.2) is 0 Å².